The Kier molecular flexibility index (Phi) is 4.01. The van der Waals surface area contributed by atoms with E-state index in [1.165, 1.54) is 13.0 Å². The van der Waals surface area contributed by atoms with E-state index in [4.69, 9.17) is 10.8 Å². The van der Waals surface area contributed by atoms with Crippen LogP contribution in [0.1, 0.15) is 26.5 Å². The van der Waals surface area contributed by atoms with Crippen LogP contribution in [-0.2, 0) is 0 Å². The Hall–Kier alpha value is -3.29. The molecule has 0 amide bonds. The molecule has 2 aromatic carbocycles. The van der Waals surface area contributed by atoms with Gasteiger partial charge in [0.15, 0.2) is 5.82 Å². The summed E-state index contributed by atoms with van der Waals surface area (Å²) in [5, 5.41) is 19.9. The van der Waals surface area contributed by atoms with Gasteiger partial charge in [-0.15, -0.1) is 0 Å². The van der Waals surface area contributed by atoms with Crippen molar-refractivity contribution in [3.63, 3.8) is 0 Å². The molecule has 0 saturated heterocycles. The summed E-state index contributed by atoms with van der Waals surface area (Å²) in [4.78, 5) is 4.12. The van der Waals surface area contributed by atoms with E-state index in [2.05, 4.69) is 10.3 Å². The lowest BCUT2D eigenvalue weighted by atomic mass is 9.93. The van der Waals surface area contributed by atoms with E-state index in [1.807, 2.05) is 0 Å². The van der Waals surface area contributed by atoms with Crippen LogP contribution in [0.5, 0.6) is 0 Å². The monoisotopic (exact) mass is 399 g/mol. The van der Waals surface area contributed by atoms with Crippen LogP contribution in [0.4, 0.5) is 24.5 Å². The van der Waals surface area contributed by atoms with Gasteiger partial charge in [-0.05, 0) is 51.5 Å². The molecule has 1 aromatic heterocycles. The number of hydrogen-bond donors (Lipinski definition) is 4. The predicted molar refractivity (Wildman–Crippen MR) is 110 cm³/mol. The summed E-state index contributed by atoms with van der Waals surface area (Å²) < 4.78 is 45.1. The Balaban J connectivity index is 2.07. The molecule has 3 aromatic rings. The van der Waals surface area contributed by atoms with Crippen molar-refractivity contribution in [3.05, 3.63) is 47.4 Å². The lowest BCUT2D eigenvalue weighted by molar-refractivity contribution is 0.587. The lowest BCUT2D eigenvalue weighted by Gasteiger charge is -2.42. The number of anilines is 2. The lowest BCUT2D eigenvalue weighted by Crippen LogP contribution is -2.55. The number of H-pyrrole nitrogens is 1. The molecule has 0 fully saturated rings. The average Bonchev–Trinajstić information content (AvgIpc) is 2.96. The topological polar surface area (TPSA) is 78.8 Å². The van der Waals surface area contributed by atoms with Crippen LogP contribution in [0.15, 0.2) is 24.3 Å². The average molecular weight is 399 g/mol. The van der Waals surface area contributed by atoms with Gasteiger partial charge in [-0.25, -0.2) is 13.2 Å². The van der Waals surface area contributed by atoms with Crippen molar-refractivity contribution in [1.82, 2.24) is 4.98 Å². The summed E-state index contributed by atoms with van der Waals surface area (Å²) in [5.41, 5.74) is -0.0838. The first-order valence-corrected chi connectivity index (χ1v) is 9.05. The summed E-state index contributed by atoms with van der Waals surface area (Å²) in [6, 6.07) is 5.20. The van der Waals surface area contributed by atoms with Crippen molar-refractivity contribution >= 4 is 33.9 Å². The minimum Gasteiger partial charge on any atom is -0.371 e. The molecule has 0 spiro atoms. The van der Waals surface area contributed by atoms with E-state index in [0.29, 0.717) is 10.9 Å². The highest BCUT2D eigenvalue weighted by Crippen LogP contribution is 2.44. The smallest absolute Gasteiger partial charge is 0.160 e. The third-order valence-corrected chi connectivity index (χ3v) is 5.12. The van der Waals surface area contributed by atoms with Gasteiger partial charge in [0.1, 0.15) is 29.0 Å². The Morgan fingerprint density at radius 3 is 2.45 bits per heavy atom. The van der Waals surface area contributed by atoms with E-state index < -0.39 is 28.6 Å². The highest BCUT2D eigenvalue weighted by Gasteiger charge is 2.40. The number of hydrogen-bond acceptors (Lipinski definition) is 3. The van der Waals surface area contributed by atoms with E-state index in [0.717, 1.165) is 22.7 Å². The van der Waals surface area contributed by atoms with Crippen molar-refractivity contribution in [2.75, 3.05) is 10.2 Å². The Bertz CT molecular complexity index is 1210. The van der Waals surface area contributed by atoms with Gasteiger partial charge in [-0.3, -0.25) is 15.7 Å². The molecule has 150 valence electrons. The van der Waals surface area contributed by atoms with Gasteiger partial charge in [0.2, 0.25) is 0 Å². The summed E-state index contributed by atoms with van der Waals surface area (Å²) in [7, 11) is 0. The minimum absolute atomic E-state index is 0.0455. The fourth-order valence-corrected chi connectivity index (χ4v) is 3.84. The molecule has 1 aliphatic heterocycles. The van der Waals surface area contributed by atoms with E-state index in [9.17, 15) is 4.39 Å². The normalized spacial score (nSPS) is 15.4. The van der Waals surface area contributed by atoms with Gasteiger partial charge < -0.3 is 10.3 Å². The van der Waals surface area contributed by atoms with Crippen molar-refractivity contribution < 1.29 is 13.2 Å². The van der Waals surface area contributed by atoms with Crippen LogP contribution in [0.2, 0.25) is 0 Å². The number of nitrogens with one attached hydrogen (secondary N) is 4. The zero-order valence-electron chi connectivity index (χ0n) is 16.4. The summed E-state index contributed by atoms with van der Waals surface area (Å²) in [6.07, 6.45) is 0. The number of nitrogens with zero attached hydrogens (tertiary/aromatic N) is 1. The molecule has 2 heterocycles. The fourth-order valence-electron chi connectivity index (χ4n) is 3.84. The van der Waals surface area contributed by atoms with Crippen LogP contribution in [0.25, 0.3) is 22.0 Å². The summed E-state index contributed by atoms with van der Waals surface area (Å²) >= 11 is 0. The van der Waals surface area contributed by atoms with Gasteiger partial charge >= 0.3 is 0 Å². The number of aromatic amines is 1. The van der Waals surface area contributed by atoms with Gasteiger partial charge in [0.25, 0.3) is 0 Å². The largest absolute Gasteiger partial charge is 0.371 e. The predicted octanol–water partition coefficient (Wildman–Crippen LogP) is 5.55. The third kappa shape index (κ3) is 2.78. The van der Waals surface area contributed by atoms with Crippen LogP contribution in [0, 0.1) is 35.2 Å². The van der Waals surface area contributed by atoms with Gasteiger partial charge in [0, 0.05) is 22.7 Å². The van der Waals surface area contributed by atoms with Crippen LogP contribution in [-0.4, -0.2) is 22.2 Å². The minimum atomic E-state index is -0.954. The van der Waals surface area contributed by atoms with E-state index in [-0.39, 0.29) is 28.6 Å². The second-order valence-corrected chi connectivity index (χ2v) is 7.83. The third-order valence-electron chi connectivity index (χ3n) is 5.12. The molecule has 0 unspecified atom stereocenters. The molecule has 0 radical (unpaired) electrons. The standard InChI is InChI=1S/C21H20F3N5/c1-9-5-12-13(6-11(22)7-15(12)27-9)17-14(23)8-16-19(18(17)24)29(10(2)25)20(26)21(3,4)28-16/h5-8,25-28H,1-4H3. The van der Waals surface area contributed by atoms with Crippen molar-refractivity contribution in [1.29, 1.82) is 10.8 Å². The maximum atomic E-state index is 15.8. The molecular weight excluding hydrogens is 379 g/mol. The number of benzene rings is 2. The van der Waals surface area contributed by atoms with Crippen molar-refractivity contribution in [2.45, 2.75) is 33.2 Å². The fraction of sp³-hybridized carbons (Fsp3) is 0.238. The van der Waals surface area contributed by atoms with Crippen LogP contribution >= 0.6 is 0 Å². The van der Waals surface area contributed by atoms with Crippen LogP contribution < -0.4 is 10.2 Å². The number of amidine groups is 2. The highest BCUT2D eigenvalue weighted by atomic mass is 19.1. The number of aromatic nitrogens is 1. The van der Waals surface area contributed by atoms with Gasteiger partial charge in [0.05, 0.1) is 16.8 Å². The Morgan fingerprint density at radius 2 is 1.79 bits per heavy atom. The Morgan fingerprint density at radius 1 is 1.10 bits per heavy atom. The molecule has 29 heavy (non-hydrogen) atoms. The number of aryl methyl sites for hydroxylation is 1. The molecular formula is C21H20F3N5. The molecule has 0 aliphatic carbocycles. The molecule has 4 N–H and O–H groups in total. The maximum Gasteiger partial charge on any atom is 0.160 e. The first-order chi connectivity index (χ1) is 13.5. The van der Waals surface area contributed by atoms with Crippen LogP contribution in [0.3, 0.4) is 0 Å². The summed E-state index contributed by atoms with van der Waals surface area (Å²) in [6.45, 7) is 6.58. The van der Waals surface area contributed by atoms with E-state index in [1.54, 1.807) is 26.8 Å². The van der Waals surface area contributed by atoms with Gasteiger partial charge in [-0.1, -0.05) is 0 Å². The second kappa shape index (κ2) is 6.10. The number of fused-ring (bicyclic) bond motifs is 2. The van der Waals surface area contributed by atoms with Crippen molar-refractivity contribution in [2.24, 2.45) is 0 Å². The molecule has 1 aliphatic rings. The van der Waals surface area contributed by atoms with Crippen molar-refractivity contribution in [3.8, 4) is 11.1 Å². The second-order valence-electron chi connectivity index (χ2n) is 7.83. The molecule has 0 bridgehead atoms. The van der Waals surface area contributed by atoms with Gasteiger partial charge in [-0.2, -0.15) is 0 Å². The quantitative estimate of drug-likeness (QED) is 0.320. The zero-order chi connectivity index (χ0) is 21.2. The number of rotatable bonds is 1. The molecule has 4 rings (SSSR count). The van der Waals surface area contributed by atoms with E-state index >= 15 is 8.78 Å². The maximum absolute atomic E-state index is 15.8. The Labute approximate surface area is 165 Å². The first-order valence-electron chi connectivity index (χ1n) is 9.05. The molecule has 0 atom stereocenters. The molecule has 0 saturated carbocycles. The SMILES string of the molecule is CC(=N)N1C(=N)C(C)(C)Nc2cc(F)c(-c3cc(F)cc4[nH]c(C)cc34)c(F)c21. The molecule has 8 heteroatoms. The number of halogens is 3. The zero-order valence-corrected chi connectivity index (χ0v) is 16.4. The molecule has 5 nitrogen and oxygen atoms in total. The first kappa shape index (κ1) is 19.0. The highest BCUT2D eigenvalue weighted by molar-refractivity contribution is 6.24. The summed E-state index contributed by atoms with van der Waals surface area (Å²) in [5.74, 6) is -2.56.